The fourth-order valence-electron chi connectivity index (χ4n) is 8.42. The van der Waals surface area contributed by atoms with E-state index in [0.29, 0.717) is 37.5 Å². The van der Waals surface area contributed by atoms with Crippen LogP contribution >= 0.6 is 15.6 Å². The second-order valence-electron chi connectivity index (χ2n) is 22.5. The molecule has 0 aliphatic rings. The first-order chi connectivity index (χ1) is 36.7. The van der Waals surface area contributed by atoms with E-state index >= 15 is 0 Å². The fraction of sp³-hybridized carbons (Fsp3) is 0.931. The Morgan fingerprint density at radius 3 is 0.883 bits per heavy atom. The zero-order chi connectivity index (χ0) is 57.4. The summed E-state index contributed by atoms with van der Waals surface area (Å²) in [6, 6.07) is 0. The third kappa shape index (κ3) is 53.2. The van der Waals surface area contributed by atoms with Crippen LogP contribution in [0.5, 0.6) is 0 Å². The third-order valence-corrected chi connectivity index (χ3v) is 15.0. The summed E-state index contributed by atoms with van der Waals surface area (Å²) >= 11 is 0. The van der Waals surface area contributed by atoms with Crippen molar-refractivity contribution in [2.75, 3.05) is 39.6 Å². The number of hydrogen-bond acceptors (Lipinski definition) is 15. The first-order valence-corrected chi connectivity index (χ1v) is 33.3. The van der Waals surface area contributed by atoms with Crippen LogP contribution in [0.1, 0.15) is 273 Å². The predicted molar refractivity (Wildman–Crippen MR) is 303 cm³/mol. The number of rotatable bonds is 56. The van der Waals surface area contributed by atoms with Crippen molar-refractivity contribution in [1.29, 1.82) is 0 Å². The van der Waals surface area contributed by atoms with Crippen molar-refractivity contribution < 1.29 is 80.2 Å². The molecule has 2 unspecified atom stereocenters. The lowest BCUT2D eigenvalue weighted by Crippen LogP contribution is -2.30. The van der Waals surface area contributed by atoms with Crippen molar-refractivity contribution in [2.24, 2.45) is 17.8 Å². The maximum absolute atomic E-state index is 12.9. The van der Waals surface area contributed by atoms with E-state index in [0.717, 1.165) is 115 Å². The van der Waals surface area contributed by atoms with Gasteiger partial charge in [-0.15, -0.1) is 0 Å². The van der Waals surface area contributed by atoms with Gasteiger partial charge in [0.05, 0.1) is 26.4 Å². The lowest BCUT2D eigenvalue weighted by Gasteiger charge is -2.21. The molecule has 0 amide bonds. The molecule has 19 heteroatoms. The Balaban J connectivity index is 5.23. The third-order valence-electron chi connectivity index (χ3n) is 13.1. The topological polar surface area (TPSA) is 237 Å². The lowest BCUT2D eigenvalue weighted by atomic mass is 10.0. The van der Waals surface area contributed by atoms with Crippen LogP contribution in [0.4, 0.5) is 0 Å². The van der Waals surface area contributed by atoms with Crippen LogP contribution in [-0.2, 0) is 65.4 Å². The number of carbonyl (C=O) groups is 4. The molecule has 0 heterocycles. The molecule has 77 heavy (non-hydrogen) atoms. The summed E-state index contributed by atoms with van der Waals surface area (Å²) in [5.41, 5.74) is 0. The molecule has 0 bridgehead atoms. The lowest BCUT2D eigenvalue weighted by molar-refractivity contribution is -0.161. The number of ether oxygens (including phenoxy) is 4. The Bertz CT molecular complexity index is 1550. The highest BCUT2D eigenvalue weighted by Crippen LogP contribution is 2.45. The highest BCUT2D eigenvalue weighted by atomic mass is 31.2. The molecule has 3 N–H and O–H groups in total. The maximum Gasteiger partial charge on any atom is 0.472 e. The number of phosphoric ester groups is 2. The monoisotopic (exact) mass is 1140 g/mol. The maximum atomic E-state index is 12.9. The Morgan fingerprint density at radius 2 is 0.597 bits per heavy atom. The van der Waals surface area contributed by atoms with Crippen LogP contribution in [0, 0.1) is 17.8 Å². The number of aliphatic hydroxyl groups is 1. The van der Waals surface area contributed by atoms with Gasteiger partial charge in [0, 0.05) is 25.7 Å². The summed E-state index contributed by atoms with van der Waals surface area (Å²) in [6.45, 7) is 11.5. The Hall–Kier alpha value is -1.94. The first kappa shape index (κ1) is 75.1. The smallest absolute Gasteiger partial charge is 0.462 e. The van der Waals surface area contributed by atoms with Crippen molar-refractivity contribution in [1.82, 2.24) is 0 Å². The number of unbranched alkanes of at least 4 members (excludes halogenated alkanes) is 24. The summed E-state index contributed by atoms with van der Waals surface area (Å²) in [6.07, 6.45) is 28.4. The molecular weight excluding hydrogens is 1030 g/mol. The molecule has 456 valence electrons. The van der Waals surface area contributed by atoms with Crippen LogP contribution < -0.4 is 0 Å². The van der Waals surface area contributed by atoms with E-state index in [1.807, 2.05) is 0 Å². The normalized spacial score (nSPS) is 14.6. The fourth-order valence-corrected chi connectivity index (χ4v) is 10.00. The highest BCUT2D eigenvalue weighted by molar-refractivity contribution is 7.47. The minimum atomic E-state index is -4.94. The average molecular weight is 1140 g/mol. The van der Waals surface area contributed by atoms with Crippen molar-refractivity contribution in [3.8, 4) is 0 Å². The van der Waals surface area contributed by atoms with Crippen molar-refractivity contribution in [3.05, 3.63) is 0 Å². The van der Waals surface area contributed by atoms with E-state index < -0.39 is 97.5 Å². The number of hydrogen-bond donors (Lipinski definition) is 3. The van der Waals surface area contributed by atoms with Gasteiger partial charge in [0.25, 0.3) is 0 Å². The Labute approximate surface area is 467 Å². The number of carbonyl (C=O) groups excluding carboxylic acids is 4. The summed E-state index contributed by atoms with van der Waals surface area (Å²) in [5.74, 6) is -0.0618. The van der Waals surface area contributed by atoms with Gasteiger partial charge >= 0.3 is 39.5 Å². The average Bonchev–Trinajstić information content (AvgIpc) is 3.37. The molecule has 17 nitrogen and oxygen atoms in total. The molecule has 0 radical (unpaired) electrons. The van der Waals surface area contributed by atoms with Crippen molar-refractivity contribution >= 4 is 39.5 Å². The standard InChI is InChI=1S/C58H112O17P2/c1-8-9-10-11-15-25-32-39-55(60)68-45-54(75-58(63)42-35-28-21-20-24-31-38-51(6)7)48-73-77(66,67)71-44-52(59)43-70-76(64,65)72-47-53(46-69-56(61)40-33-26-19-14-17-23-30-37-50(4)5)74-57(62)41-34-27-18-13-12-16-22-29-36-49(2)3/h49-54,59H,8-48H2,1-7H3,(H,64,65)(H,66,67)/t52-,53-,54-/m1/s1. The van der Waals surface area contributed by atoms with Gasteiger partial charge in [-0.05, 0) is 43.4 Å². The van der Waals surface area contributed by atoms with E-state index in [1.165, 1.54) is 64.2 Å². The highest BCUT2D eigenvalue weighted by Gasteiger charge is 2.30. The second-order valence-corrected chi connectivity index (χ2v) is 25.4. The predicted octanol–water partition coefficient (Wildman–Crippen LogP) is 15.2. The second kappa shape index (κ2) is 49.8. The van der Waals surface area contributed by atoms with Gasteiger partial charge < -0.3 is 33.8 Å². The zero-order valence-electron chi connectivity index (χ0n) is 49.4. The van der Waals surface area contributed by atoms with Gasteiger partial charge in [-0.2, -0.15) is 0 Å². The minimum absolute atomic E-state index is 0.101. The van der Waals surface area contributed by atoms with Crippen LogP contribution in [0.25, 0.3) is 0 Å². The molecule has 0 fully saturated rings. The first-order valence-electron chi connectivity index (χ1n) is 30.3. The Kier molecular flexibility index (Phi) is 48.6. The molecular formula is C58H112O17P2. The summed E-state index contributed by atoms with van der Waals surface area (Å²) in [7, 11) is -9.87. The van der Waals surface area contributed by atoms with Gasteiger partial charge in [-0.1, -0.05) is 222 Å². The molecule has 0 aromatic heterocycles. The number of aliphatic hydroxyl groups excluding tert-OH is 1. The minimum Gasteiger partial charge on any atom is -0.462 e. The van der Waals surface area contributed by atoms with Crippen LogP contribution in [0.2, 0.25) is 0 Å². The van der Waals surface area contributed by atoms with E-state index in [1.54, 1.807) is 0 Å². The van der Waals surface area contributed by atoms with E-state index in [9.17, 15) is 43.2 Å². The van der Waals surface area contributed by atoms with Gasteiger partial charge in [-0.25, -0.2) is 9.13 Å². The van der Waals surface area contributed by atoms with Gasteiger partial charge in [-0.3, -0.25) is 37.3 Å². The van der Waals surface area contributed by atoms with Crippen molar-refractivity contribution in [3.63, 3.8) is 0 Å². The molecule has 0 aliphatic heterocycles. The number of esters is 4. The van der Waals surface area contributed by atoms with Crippen LogP contribution in [0.15, 0.2) is 0 Å². The largest absolute Gasteiger partial charge is 0.472 e. The molecule has 0 rings (SSSR count). The van der Waals surface area contributed by atoms with Crippen LogP contribution in [-0.4, -0.2) is 96.7 Å². The molecule has 0 saturated heterocycles. The number of phosphoric acid groups is 2. The van der Waals surface area contributed by atoms with Gasteiger partial charge in [0.2, 0.25) is 0 Å². The van der Waals surface area contributed by atoms with E-state index in [-0.39, 0.29) is 25.7 Å². The molecule has 0 aromatic carbocycles. The Morgan fingerprint density at radius 1 is 0.351 bits per heavy atom. The van der Waals surface area contributed by atoms with Crippen LogP contribution in [0.3, 0.4) is 0 Å². The molecule has 0 aliphatic carbocycles. The van der Waals surface area contributed by atoms with Crippen molar-refractivity contribution in [2.45, 2.75) is 292 Å². The summed E-state index contributed by atoms with van der Waals surface area (Å²) in [4.78, 5) is 71.7. The molecule has 0 saturated carbocycles. The summed E-state index contributed by atoms with van der Waals surface area (Å²) in [5, 5.41) is 10.5. The zero-order valence-corrected chi connectivity index (χ0v) is 51.2. The molecule has 0 aromatic rings. The van der Waals surface area contributed by atoms with Gasteiger partial charge in [0.1, 0.15) is 19.3 Å². The SMILES string of the molecule is CCCCCCCCCC(=O)OC[C@H](COP(=O)(O)OC[C@H](O)COP(=O)(O)OC[C@@H](COC(=O)CCCCCCCCCC(C)C)OC(=O)CCCCCCCCCCC(C)C)OC(=O)CCCCCCCCC(C)C. The van der Waals surface area contributed by atoms with E-state index in [4.69, 9.17) is 37.0 Å². The molecule has 0 spiro atoms. The van der Waals surface area contributed by atoms with Gasteiger partial charge in [0.15, 0.2) is 12.2 Å². The van der Waals surface area contributed by atoms with E-state index in [2.05, 4.69) is 48.5 Å². The quantitative estimate of drug-likeness (QED) is 0.0222. The summed E-state index contributed by atoms with van der Waals surface area (Å²) < 4.78 is 67.6. The molecule has 5 atom stereocenters.